The van der Waals surface area contributed by atoms with Gasteiger partial charge in [0.2, 0.25) is 5.91 Å². The maximum Gasteiger partial charge on any atom is 0.311 e. The van der Waals surface area contributed by atoms with Crippen LogP contribution in [0.1, 0.15) is 35.2 Å². The van der Waals surface area contributed by atoms with Gasteiger partial charge in [-0.1, -0.05) is 18.6 Å². The summed E-state index contributed by atoms with van der Waals surface area (Å²) in [6.07, 6.45) is 2.80. The topological polar surface area (TPSA) is 83.6 Å². The molecule has 0 unspecified atom stereocenters. The molecule has 22 heavy (non-hydrogen) atoms. The van der Waals surface area contributed by atoms with Crippen molar-refractivity contribution in [3.63, 3.8) is 0 Å². The Kier molecular flexibility index (Phi) is 4.78. The third-order valence-corrected chi connectivity index (χ3v) is 4.98. The number of nitrogens with two attached hydrogens (primary N) is 1. The summed E-state index contributed by atoms with van der Waals surface area (Å²) in [5.41, 5.74) is 6.25. The zero-order valence-electron chi connectivity index (χ0n) is 12.3. The Labute approximate surface area is 135 Å². The van der Waals surface area contributed by atoms with Gasteiger partial charge in [-0.25, -0.2) is 0 Å². The minimum absolute atomic E-state index is 0. The largest absolute Gasteiger partial charge is 0.481 e. The molecule has 2 fully saturated rings. The van der Waals surface area contributed by atoms with Crippen LogP contribution in [0.3, 0.4) is 0 Å². The van der Waals surface area contributed by atoms with Crippen LogP contribution in [0.2, 0.25) is 0 Å². The number of primary amides is 1. The molecule has 1 aliphatic heterocycles. The summed E-state index contributed by atoms with van der Waals surface area (Å²) in [5.74, 6) is -0.829. The molecule has 3 N–H and O–H groups in total. The molecule has 6 heteroatoms. The number of carbonyl (C=O) groups excluding carboxylic acids is 1. The molecule has 2 atom stereocenters. The molecule has 1 saturated carbocycles. The number of rotatable bonds is 4. The maximum absolute atomic E-state index is 11.7. The molecule has 0 aromatic heterocycles. The monoisotopic (exact) mass is 324 g/mol. The third-order valence-electron chi connectivity index (χ3n) is 4.98. The van der Waals surface area contributed by atoms with Gasteiger partial charge in [0.15, 0.2) is 0 Å². The standard InChI is InChI=1S/C16H20N2O3.ClH/c17-14(19)12-4-1-3-11(7-12)8-18-9-13-5-2-6-16(13,10-18)15(20)21;/h1,3-4,7,13H,2,5-6,8-10H2,(H2,17,19)(H,20,21);1H/t13-,16+;/m0./s1. The zero-order valence-corrected chi connectivity index (χ0v) is 13.1. The molecule has 0 spiro atoms. The van der Waals surface area contributed by atoms with Crippen LogP contribution in [-0.2, 0) is 11.3 Å². The molecular weight excluding hydrogens is 304 g/mol. The van der Waals surface area contributed by atoms with Crippen molar-refractivity contribution in [2.24, 2.45) is 17.1 Å². The molecule has 1 aliphatic carbocycles. The third kappa shape index (κ3) is 2.83. The number of nitrogens with zero attached hydrogens (tertiary/aromatic N) is 1. The maximum atomic E-state index is 11.7. The van der Waals surface area contributed by atoms with E-state index in [0.29, 0.717) is 18.7 Å². The lowest BCUT2D eigenvalue weighted by molar-refractivity contribution is -0.149. The van der Waals surface area contributed by atoms with Crippen LogP contribution in [0.4, 0.5) is 0 Å². The van der Waals surface area contributed by atoms with Crippen LogP contribution in [-0.4, -0.2) is 35.0 Å². The van der Waals surface area contributed by atoms with Gasteiger partial charge in [0.1, 0.15) is 0 Å². The molecule has 0 bridgehead atoms. The predicted octanol–water partition coefficient (Wildman–Crippen LogP) is 1.89. The van der Waals surface area contributed by atoms with Gasteiger partial charge in [-0.3, -0.25) is 14.5 Å². The number of amides is 1. The smallest absolute Gasteiger partial charge is 0.311 e. The number of likely N-dealkylation sites (tertiary alicyclic amines) is 1. The Balaban J connectivity index is 0.00000176. The van der Waals surface area contributed by atoms with E-state index < -0.39 is 17.3 Å². The minimum Gasteiger partial charge on any atom is -0.481 e. The van der Waals surface area contributed by atoms with Gasteiger partial charge < -0.3 is 10.8 Å². The molecule has 1 amide bonds. The second-order valence-corrected chi connectivity index (χ2v) is 6.28. The average Bonchev–Trinajstić information content (AvgIpc) is 2.96. The van der Waals surface area contributed by atoms with E-state index in [4.69, 9.17) is 5.73 Å². The highest BCUT2D eigenvalue weighted by atomic mass is 35.5. The van der Waals surface area contributed by atoms with Gasteiger partial charge in [-0.15, -0.1) is 12.4 Å². The van der Waals surface area contributed by atoms with E-state index in [9.17, 15) is 14.7 Å². The van der Waals surface area contributed by atoms with E-state index in [0.717, 1.165) is 31.4 Å². The fourth-order valence-corrected chi connectivity index (χ4v) is 3.94. The highest BCUT2D eigenvalue weighted by molar-refractivity contribution is 5.92. The van der Waals surface area contributed by atoms with Crippen LogP contribution in [0.25, 0.3) is 0 Å². The number of carboxylic acid groups (broad SMARTS) is 1. The quantitative estimate of drug-likeness (QED) is 0.886. The van der Waals surface area contributed by atoms with Gasteiger partial charge in [0.25, 0.3) is 0 Å². The van der Waals surface area contributed by atoms with Crippen molar-refractivity contribution in [1.82, 2.24) is 4.90 Å². The molecule has 1 saturated heterocycles. The molecule has 1 aromatic carbocycles. The summed E-state index contributed by atoms with van der Waals surface area (Å²) in [7, 11) is 0. The van der Waals surface area contributed by atoms with Crippen LogP contribution in [0.5, 0.6) is 0 Å². The lowest BCUT2D eigenvalue weighted by Gasteiger charge is -2.23. The highest BCUT2D eigenvalue weighted by Gasteiger charge is 2.54. The van der Waals surface area contributed by atoms with Gasteiger partial charge in [-0.2, -0.15) is 0 Å². The molecule has 120 valence electrons. The predicted molar refractivity (Wildman–Crippen MR) is 84.9 cm³/mol. The van der Waals surface area contributed by atoms with Crippen LogP contribution < -0.4 is 5.73 Å². The number of aliphatic carboxylic acids is 1. The van der Waals surface area contributed by atoms with Crippen molar-refractivity contribution in [1.29, 1.82) is 0 Å². The summed E-state index contributed by atoms with van der Waals surface area (Å²) >= 11 is 0. The Morgan fingerprint density at radius 1 is 1.41 bits per heavy atom. The first-order valence-electron chi connectivity index (χ1n) is 7.36. The lowest BCUT2D eigenvalue weighted by atomic mass is 9.81. The van der Waals surface area contributed by atoms with E-state index in [-0.39, 0.29) is 18.3 Å². The second-order valence-electron chi connectivity index (χ2n) is 6.28. The van der Waals surface area contributed by atoms with Gasteiger partial charge in [0, 0.05) is 25.2 Å². The molecule has 1 aromatic rings. The molecule has 5 nitrogen and oxygen atoms in total. The Morgan fingerprint density at radius 2 is 2.18 bits per heavy atom. The number of hydrogen-bond donors (Lipinski definition) is 2. The number of hydrogen-bond acceptors (Lipinski definition) is 3. The van der Waals surface area contributed by atoms with Crippen molar-refractivity contribution in [2.75, 3.05) is 13.1 Å². The highest BCUT2D eigenvalue weighted by Crippen LogP contribution is 2.49. The van der Waals surface area contributed by atoms with Crippen LogP contribution in [0, 0.1) is 11.3 Å². The van der Waals surface area contributed by atoms with E-state index >= 15 is 0 Å². The summed E-state index contributed by atoms with van der Waals surface area (Å²) in [6.45, 7) is 2.10. The first-order valence-corrected chi connectivity index (χ1v) is 7.36. The number of carboxylic acids is 1. The second kappa shape index (κ2) is 6.26. The summed E-state index contributed by atoms with van der Waals surface area (Å²) in [6, 6.07) is 7.26. The minimum atomic E-state index is -0.654. The summed E-state index contributed by atoms with van der Waals surface area (Å²) < 4.78 is 0. The van der Waals surface area contributed by atoms with E-state index in [2.05, 4.69) is 4.90 Å². The molecule has 0 radical (unpaired) electrons. The van der Waals surface area contributed by atoms with Crippen LogP contribution in [0.15, 0.2) is 24.3 Å². The fraction of sp³-hybridized carbons (Fsp3) is 0.500. The van der Waals surface area contributed by atoms with Crippen molar-refractivity contribution in [3.8, 4) is 0 Å². The fourth-order valence-electron chi connectivity index (χ4n) is 3.94. The molecule has 2 aliphatic rings. The normalized spacial score (nSPS) is 27.2. The Bertz CT molecular complexity index is 593. The Hall–Kier alpha value is -1.59. The molecular formula is C16H21ClN2O3. The number of halogens is 1. The van der Waals surface area contributed by atoms with Crippen molar-refractivity contribution in [2.45, 2.75) is 25.8 Å². The van der Waals surface area contributed by atoms with Gasteiger partial charge in [-0.05, 0) is 36.5 Å². The van der Waals surface area contributed by atoms with Crippen molar-refractivity contribution < 1.29 is 14.7 Å². The molecule has 3 rings (SSSR count). The SMILES string of the molecule is Cl.NC(=O)c1cccc(CN2C[C@@H]3CCC[C@@]3(C(=O)O)C2)c1. The van der Waals surface area contributed by atoms with Crippen LogP contribution >= 0.6 is 12.4 Å². The molecule has 1 heterocycles. The zero-order chi connectivity index (χ0) is 15.0. The van der Waals surface area contributed by atoms with E-state index in [1.165, 1.54) is 0 Å². The Morgan fingerprint density at radius 3 is 2.82 bits per heavy atom. The first kappa shape index (κ1) is 16.8. The number of carbonyl (C=O) groups is 2. The lowest BCUT2D eigenvalue weighted by Crippen LogP contribution is -2.35. The van der Waals surface area contributed by atoms with E-state index in [1.807, 2.05) is 12.1 Å². The first-order chi connectivity index (χ1) is 10.0. The summed E-state index contributed by atoms with van der Waals surface area (Å²) in [5, 5.41) is 9.59. The number of benzene rings is 1. The average molecular weight is 325 g/mol. The van der Waals surface area contributed by atoms with E-state index in [1.54, 1.807) is 12.1 Å². The summed E-state index contributed by atoms with van der Waals surface area (Å²) in [4.78, 5) is 25.1. The van der Waals surface area contributed by atoms with Crippen molar-refractivity contribution >= 4 is 24.3 Å². The number of fused-ring (bicyclic) bond motifs is 1. The van der Waals surface area contributed by atoms with Crippen molar-refractivity contribution in [3.05, 3.63) is 35.4 Å². The van der Waals surface area contributed by atoms with Gasteiger partial charge >= 0.3 is 5.97 Å². The van der Waals surface area contributed by atoms with Gasteiger partial charge in [0.05, 0.1) is 5.41 Å².